The second kappa shape index (κ2) is 7.30. The van der Waals surface area contributed by atoms with Gasteiger partial charge >= 0.3 is 0 Å². The molecule has 0 bridgehead atoms. The highest BCUT2D eigenvalue weighted by Gasteiger charge is 2.22. The van der Waals surface area contributed by atoms with Crippen LogP contribution in [-0.4, -0.2) is 38.6 Å². The molecule has 0 radical (unpaired) electrons. The third-order valence-electron chi connectivity index (χ3n) is 3.81. The summed E-state index contributed by atoms with van der Waals surface area (Å²) in [5, 5.41) is 0. The highest BCUT2D eigenvalue weighted by molar-refractivity contribution is 7.89. The van der Waals surface area contributed by atoms with E-state index < -0.39 is 20.7 Å². The Bertz CT molecular complexity index is 1000. The van der Waals surface area contributed by atoms with Crippen molar-refractivity contribution in [1.82, 2.24) is 14.1 Å². The zero-order chi connectivity index (χ0) is 18.7. The Labute approximate surface area is 150 Å². The van der Waals surface area contributed by atoms with E-state index >= 15 is 0 Å². The van der Waals surface area contributed by atoms with E-state index in [-0.39, 0.29) is 18.0 Å². The van der Waals surface area contributed by atoms with Crippen molar-refractivity contribution in [2.75, 3.05) is 20.8 Å². The molecule has 0 saturated carbocycles. The van der Waals surface area contributed by atoms with Crippen LogP contribution in [0.2, 0.25) is 0 Å². The molecule has 0 saturated heterocycles. The van der Waals surface area contributed by atoms with Crippen molar-refractivity contribution >= 4 is 15.7 Å². The summed E-state index contributed by atoms with van der Waals surface area (Å²) in [6.07, 6.45) is 4.05. The second-order valence-corrected chi connectivity index (χ2v) is 7.22. The van der Waals surface area contributed by atoms with Gasteiger partial charge in [-0.2, -0.15) is 0 Å². The topological polar surface area (TPSA) is 81.9 Å². The highest BCUT2D eigenvalue weighted by Crippen LogP contribution is 2.31. The van der Waals surface area contributed by atoms with Crippen LogP contribution in [-0.2, 0) is 16.4 Å². The maximum Gasteiger partial charge on any atom is 0.243 e. The summed E-state index contributed by atoms with van der Waals surface area (Å²) >= 11 is 0. The van der Waals surface area contributed by atoms with E-state index in [4.69, 9.17) is 9.47 Å². The predicted molar refractivity (Wildman–Crippen MR) is 93.6 cm³/mol. The molecule has 0 amide bonds. The first-order valence-electron chi connectivity index (χ1n) is 7.78. The van der Waals surface area contributed by atoms with E-state index in [2.05, 4.69) is 9.71 Å². The van der Waals surface area contributed by atoms with E-state index in [0.717, 1.165) is 23.5 Å². The first kappa shape index (κ1) is 18.2. The van der Waals surface area contributed by atoms with E-state index in [9.17, 15) is 12.8 Å². The molecule has 1 aromatic carbocycles. The number of imidazole rings is 1. The predicted octanol–water partition coefficient (Wildman–Crippen LogP) is 2.01. The van der Waals surface area contributed by atoms with Gasteiger partial charge in [-0.3, -0.25) is 0 Å². The molecule has 9 heteroatoms. The van der Waals surface area contributed by atoms with Crippen LogP contribution in [0.4, 0.5) is 4.39 Å². The minimum Gasteiger partial charge on any atom is -0.493 e. The fourth-order valence-electron chi connectivity index (χ4n) is 2.54. The van der Waals surface area contributed by atoms with E-state index in [0.29, 0.717) is 6.42 Å². The molecule has 0 aliphatic carbocycles. The minimum absolute atomic E-state index is 0.0833. The summed E-state index contributed by atoms with van der Waals surface area (Å²) in [7, 11) is -1.35. The quantitative estimate of drug-likeness (QED) is 0.679. The maximum absolute atomic E-state index is 14.2. The number of sulfonamides is 1. The lowest BCUT2D eigenvalue weighted by molar-refractivity contribution is 0.350. The SMILES string of the molecule is COc1cc(F)c(S(=O)(=O)NCCc2cn3ccccc3n2)cc1OC. The van der Waals surface area contributed by atoms with E-state index in [1.807, 2.05) is 35.0 Å². The van der Waals surface area contributed by atoms with Gasteiger partial charge in [-0.05, 0) is 12.1 Å². The molecule has 0 aliphatic heterocycles. The number of aromatic nitrogens is 2. The van der Waals surface area contributed by atoms with Gasteiger partial charge in [0, 0.05) is 37.5 Å². The van der Waals surface area contributed by atoms with Gasteiger partial charge in [-0.15, -0.1) is 0 Å². The molecule has 2 aromatic heterocycles. The molecule has 3 aromatic rings. The van der Waals surface area contributed by atoms with Crippen molar-refractivity contribution in [3.8, 4) is 11.5 Å². The summed E-state index contributed by atoms with van der Waals surface area (Å²) in [4.78, 5) is 3.89. The Morgan fingerprint density at radius 1 is 1.19 bits per heavy atom. The van der Waals surface area contributed by atoms with Crippen LogP contribution in [0.5, 0.6) is 11.5 Å². The van der Waals surface area contributed by atoms with Gasteiger partial charge in [-0.25, -0.2) is 22.5 Å². The van der Waals surface area contributed by atoms with E-state index in [1.54, 1.807) is 0 Å². The highest BCUT2D eigenvalue weighted by atomic mass is 32.2. The largest absolute Gasteiger partial charge is 0.493 e. The standard InChI is InChI=1S/C17H18FN3O4S/c1-24-14-9-13(18)16(10-15(14)25-2)26(22,23)19-7-6-12-11-21-8-4-3-5-17(21)20-12/h3-5,8-11,19H,6-7H2,1-2H3. The number of hydrogen-bond acceptors (Lipinski definition) is 5. The fraction of sp³-hybridized carbons (Fsp3) is 0.235. The van der Waals surface area contributed by atoms with Gasteiger partial charge in [0.15, 0.2) is 11.5 Å². The van der Waals surface area contributed by atoms with Crippen LogP contribution in [0.15, 0.2) is 47.6 Å². The van der Waals surface area contributed by atoms with Crippen molar-refractivity contribution in [2.24, 2.45) is 0 Å². The number of nitrogens with one attached hydrogen (secondary N) is 1. The van der Waals surface area contributed by atoms with Crippen LogP contribution in [0.3, 0.4) is 0 Å². The molecular weight excluding hydrogens is 361 g/mol. The molecule has 0 aliphatic rings. The molecule has 2 heterocycles. The Kier molecular flexibility index (Phi) is 5.10. The Balaban J connectivity index is 1.74. The third kappa shape index (κ3) is 3.63. The Morgan fingerprint density at radius 2 is 1.92 bits per heavy atom. The van der Waals surface area contributed by atoms with Gasteiger partial charge in [0.05, 0.1) is 19.9 Å². The van der Waals surface area contributed by atoms with Crippen LogP contribution in [0.25, 0.3) is 5.65 Å². The number of hydrogen-bond donors (Lipinski definition) is 1. The first-order valence-corrected chi connectivity index (χ1v) is 9.26. The summed E-state index contributed by atoms with van der Waals surface area (Å²) < 4.78 is 53.2. The lowest BCUT2D eigenvalue weighted by atomic mass is 10.3. The fourth-order valence-corrected chi connectivity index (χ4v) is 3.64. The zero-order valence-electron chi connectivity index (χ0n) is 14.3. The van der Waals surface area contributed by atoms with Gasteiger partial charge in [0.1, 0.15) is 16.4 Å². The van der Waals surface area contributed by atoms with Crippen molar-refractivity contribution in [3.63, 3.8) is 0 Å². The molecular formula is C17H18FN3O4S. The van der Waals surface area contributed by atoms with Gasteiger partial charge in [-0.1, -0.05) is 6.07 Å². The molecule has 0 atom stereocenters. The summed E-state index contributed by atoms with van der Waals surface area (Å²) in [5.74, 6) is -0.661. The van der Waals surface area contributed by atoms with Gasteiger partial charge in [0.2, 0.25) is 10.0 Å². The number of fused-ring (bicyclic) bond motifs is 1. The molecule has 1 N–H and O–H groups in total. The zero-order valence-corrected chi connectivity index (χ0v) is 15.1. The van der Waals surface area contributed by atoms with Gasteiger partial charge in [0.25, 0.3) is 0 Å². The lowest BCUT2D eigenvalue weighted by Gasteiger charge is -2.12. The number of ether oxygens (including phenoxy) is 2. The first-order chi connectivity index (χ1) is 12.4. The number of methoxy groups -OCH3 is 2. The van der Waals surface area contributed by atoms with Crippen molar-refractivity contribution in [3.05, 3.63) is 54.2 Å². The lowest BCUT2D eigenvalue weighted by Crippen LogP contribution is -2.27. The normalized spacial score (nSPS) is 11.7. The molecule has 3 rings (SSSR count). The summed E-state index contributed by atoms with van der Waals surface area (Å²) in [6, 6.07) is 7.68. The minimum atomic E-state index is -4.04. The molecule has 0 fully saturated rings. The number of rotatable bonds is 7. The van der Waals surface area contributed by atoms with Crippen LogP contribution in [0.1, 0.15) is 5.69 Å². The molecule has 138 valence electrons. The average molecular weight is 379 g/mol. The number of pyridine rings is 1. The smallest absolute Gasteiger partial charge is 0.243 e. The Hall–Kier alpha value is -2.65. The summed E-state index contributed by atoms with van der Waals surface area (Å²) in [6.45, 7) is 0.0833. The molecule has 7 nitrogen and oxygen atoms in total. The molecule has 26 heavy (non-hydrogen) atoms. The van der Waals surface area contributed by atoms with Crippen molar-refractivity contribution < 1.29 is 22.3 Å². The number of benzene rings is 1. The second-order valence-electron chi connectivity index (χ2n) is 5.48. The van der Waals surface area contributed by atoms with Crippen LogP contribution < -0.4 is 14.2 Å². The molecule has 0 spiro atoms. The number of halogens is 1. The monoisotopic (exact) mass is 379 g/mol. The number of nitrogens with zero attached hydrogens (tertiary/aromatic N) is 2. The van der Waals surface area contributed by atoms with Crippen molar-refractivity contribution in [1.29, 1.82) is 0 Å². The Morgan fingerprint density at radius 3 is 2.62 bits per heavy atom. The third-order valence-corrected chi connectivity index (χ3v) is 5.29. The summed E-state index contributed by atoms with van der Waals surface area (Å²) in [5.41, 5.74) is 1.50. The van der Waals surface area contributed by atoms with Crippen molar-refractivity contribution in [2.45, 2.75) is 11.3 Å². The molecule has 0 unspecified atom stereocenters. The van der Waals surface area contributed by atoms with Crippen LogP contribution in [0, 0.1) is 5.82 Å². The van der Waals surface area contributed by atoms with Crippen LogP contribution >= 0.6 is 0 Å². The van der Waals surface area contributed by atoms with Gasteiger partial charge < -0.3 is 13.9 Å². The van der Waals surface area contributed by atoms with E-state index in [1.165, 1.54) is 14.2 Å². The maximum atomic E-state index is 14.2. The average Bonchev–Trinajstić information content (AvgIpc) is 3.03.